The quantitative estimate of drug-likeness (QED) is 0.170. The van der Waals surface area contributed by atoms with E-state index in [-0.39, 0.29) is 0 Å². The van der Waals surface area contributed by atoms with E-state index >= 15 is 0 Å². The van der Waals surface area contributed by atoms with Gasteiger partial charge in [-0.25, -0.2) is 0 Å². The average molecular weight is 407 g/mol. The normalized spacial score (nSPS) is 11.6. The molecule has 0 nitrogen and oxygen atoms in total. The first kappa shape index (κ1) is 24.7. The minimum absolute atomic E-state index is 1.23. The van der Waals surface area contributed by atoms with Crippen molar-refractivity contribution in [2.24, 2.45) is 0 Å². The van der Waals surface area contributed by atoms with Crippen molar-refractivity contribution in [2.45, 2.75) is 116 Å². The Morgan fingerprint density at radius 3 is 1.70 bits per heavy atom. The molecule has 0 aromatic heterocycles. The molecule has 0 spiro atoms. The zero-order chi connectivity index (χ0) is 21.1. The van der Waals surface area contributed by atoms with Gasteiger partial charge in [0, 0.05) is 0 Å². The van der Waals surface area contributed by atoms with Gasteiger partial charge in [-0.15, -0.1) is 0 Å². The Morgan fingerprint density at radius 1 is 0.533 bits per heavy atom. The van der Waals surface area contributed by atoms with Crippen LogP contribution in [0.5, 0.6) is 0 Å². The predicted octanol–water partition coefficient (Wildman–Crippen LogP) is 10.2. The van der Waals surface area contributed by atoms with E-state index in [1.165, 1.54) is 125 Å². The number of hydrogen-bond acceptors (Lipinski definition) is 0. The molecule has 0 saturated carbocycles. The molecule has 0 radical (unpaired) electrons. The standard InChI is InChI=1S/C30H46/c1-2-3-4-5-6-7-8-9-10-11-12-13-14-15-16-17-18-19-22-28-25-26-29-23-20-21-24-30(29)27-28/h10-11,20-21,23-27H,2-9,12-19,22H2,1H3/b11-10+. The molecule has 0 heteroatoms. The lowest BCUT2D eigenvalue weighted by Gasteiger charge is -2.04. The molecule has 2 aromatic carbocycles. The first-order chi connectivity index (χ1) is 14.9. The van der Waals surface area contributed by atoms with Crippen LogP contribution in [0.4, 0.5) is 0 Å². The predicted molar refractivity (Wildman–Crippen MR) is 136 cm³/mol. The maximum Gasteiger partial charge on any atom is -0.0181 e. The van der Waals surface area contributed by atoms with Crippen LogP contribution in [0.25, 0.3) is 10.8 Å². The van der Waals surface area contributed by atoms with Gasteiger partial charge in [0.1, 0.15) is 0 Å². The molecule has 30 heavy (non-hydrogen) atoms. The lowest BCUT2D eigenvalue weighted by atomic mass is 10.0. The summed E-state index contributed by atoms with van der Waals surface area (Å²) in [6.45, 7) is 2.29. The van der Waals surface area contributed by atoms with Crippen LogP contribution in [0, 0.1) is 0 Å². The van der Waals surface area contributed by atoms with Gasteiger partial charge >= 0.3 is 0 Å². The van der Waals surface area contributed by atoms with E-state index in [9.17, 15) is 0 Å². The van der Waals surface area contributed by atoms with Crippen molar-refractivity contribution in [1.29, 1.82) is 0 Å². The summed E-state index contributed by atoms with van der Waals surface area (Å²) in [4.78, 5) is 0. The van der Waals surface area contributed by atoms with Gasteiger partial charge in [0.25, 0.3) is 0 Å². The van der Waals surface area contributed by atoms with Crippen molar-refractivity contribution in [3.05, 3.63) is 60.2 Å². The van der Waals surface area contributed by atoms with Gasteiger partial charge in [0.05, 0.1) is 0 Å². The summed E-state index contributed by atoms with van der Waals surface area (Å²) in [6.07, 6.45) is 28.3. The summed E-state index contributed by atoms with van der Waals surface area (Å²) in [5.41, 5.74) is 1.50. The molecule has 0 N–H and O–H groups in total. The Labute approximate surface area is 187 Å². The van der Waals surface area contributed by atoms with Gasteiger partial charge in [-0.2, -0.15) is 0 Å². The van der Waals surface area contributed by atoms with Crippen molar-refractivity contribution in [3.8, 4) is 0 Å². The molecule has 2 rings (SSSR count). The minimum Gasteiger partial charge on any atom is -0.0885 e. The van der Waals surface area contributed by atoms with E-state index in [1.807, 2.05) is 0 Å². The highest BCUT2D eigenvalue weighted by molar-refractivity contribution is 5.82. The molecule has 0 bridgehead atoms. The van der Waals surface area contributed by atoms with Gasteiger partial charge < -0.3 is 0 Å². The topological polar surface area (TPSA) is 0 Å². The lowest BCUT2D eigenvalue weighted by Crippen LogP contribution is -1.87. The zero-order valence-electron chi connectivity index (χ0n) is 19.7. The number of benzene rings is 2. The van der Waals surface area contributed by atoms with E-state index < -0.39 is 0 Å². The second-order valence-electron chi connectivity index (χ2n) is 9.08. The van der Waals surface area contributed by atoms with Crippen LogP contribution in [0.3, 0.4) is 0 Å². The Hall–Kier alpha value is -1.56. The van der Waals surface area contributed by atoms with E-state index in [2.05, 4.69) is 61.5 Å². The van der Waals surface area contributed by atoms with Crippen molar-refractivity contribution in [2.75, 3.05) is 0 Å². The molecule has 0 aliphatic carbocycles. The molecule has 0 saturated heterocycles. The SMILES string of the molecule is CCCCCCCCC/C=C/CCCCCCCCCc1ccc2ccccc2c1. The van der Waals surface area contributed by atoms with Crippen LogP contribution in [0.2, 0.25) is 0 Å². The largest absolute Gasteiger partial charge is 0.0885 e. The maximum atomic E-state index is 2.43. The van der Waals surface area contributed by atoms with Crippen molar-refractivity contribution in [1.82, 2.24) is 0 Å². The van der Waals surface area contributed by atoms with Crippen LogP contribution < -0.4 is 0 Å². The monoisotopic (exact) mass is 406 g/mol. The van der Waals surface area contributed by atoms with Crippen LogP contribution in [0.1, 0.15) is 115 Å². The molecular weight excluding hydrogens is 360 g/mol. The Balaban J connectivity index is 1.34. The summed E-state index contributed by atoms with van der Waals surface area (Å²) < 4.78 is 0. The highest BCUT2D eigenvalue weighted by Gasteiger charge is 1.97. The maximum absolute atomic E-state index is 2.43. The van der Waals surface area contributed by atoms with E-state index in [0.29, 0.717) is 0 Å². The molecule has 0 aliphatic heterocycles. The smallest absolute Gasteiger partial charge is 0.0181 e. The summed E-state index contributed by atoms with van der Waals surface area (Å²) in [5, 5.41) is 2.74. The highest BCUT2D eigenvalue weighted by Crippen LogP contribution is 2.18. The molecule has 0 aliphatic rings. The number of hydrogen-bond donors (Lipinski definition) is 0. The van der Waals surface area contributed by atoms with Crippen molar-refractivity contribution in [3.63, 3.8) is 0 Å². The van der Waals surface area contributed by atoms with Gasteiger partial charge in [-0.3, -0.25) is 0 Å². The first-order valence-corrected chi connectivity index (χ1v) is 13.0. The molecule has 0 amide bonds. The second-order valence-corrected chi connectivity index (χ2v) is 9.08. The van der Waals surface area contributed by atoms with Gasteiger partial charge in [0.15, 0.2) is 0 Å². The number of unbranched alkanes of at least 4 members (excludes halogenated alkanes) is 14. The third-order valence-electron chi connectivity index (χ3n) is 6.29. The van der Waals surface area contributed by atoms with Gasteiger partial charge in [-0.05, 0) is 54.9 Å². The molecule has 0 atom stereocenters. The summed E-state index contributed by atoms with van der Waals surface area (Å²) >= 11 is 0. The fourth-order valence-corrected chi connectivity index (χ4v) is 4.32. The van der Waals surface area contributed by atoms with Crippen molar-refractivity contribution >= 4 is 10.8 Å². The lowest BCUT2D eigenvalue weighted by molar-refractivity contribution is 0.580. The summed E-state index contributed by atoms with van der Waals surface area (Å²) in [7, 11) is 0. The molecule has 0 heterocycles. The van der Waals surface area contributed by atoms with Crippen LogP contribution in [-0.4, -0.2) is 0 Å². The van der Waals surface area contributed by atoms with Gasteiger partial charge in [0.2, 0.25) is 0 Å². The Bertz CT molecular complexity index is 681. The van der Waals surface area contributed by atoms with Crippen LogP contribution in [0.15, 0.2) is 54.6 Å². The molecule has 0 fully saturated rings. The van der Waals surface area contributed by atoms with Gasteiger partial charge in [-0.1, -0.05) is 132 Å². The second kappa shape index (κ2) is 17.2. The highest BCUT2D eigenvalue weighted by atomic mass is 14.0. The summed E-state index contributed by atoms with van der Waals surface area (Å²) in [5.74, 6) is 0. The molecular formula is C30H46. The van der Waals surface area contributed by atoms with Crippen molar-refractivity contribution < 1.29 is 0 Å². The molecule has 2 aromatic rings. The Kier molecular flexibility index (Phi) is 14.1. The van der Waals surface area contributed by atoms with Crippen LogP contribution in [-0.2, 0) is 6.42 Å². The third kappa shape index (κ3) is 11.6. The van der Waals surface area contributed by atoms with E-state index in [1.54, 1.807) is 0 Å². The Morgan fingerprint density at radius 2 is 1.07 bits per heavy atom. The molecule has 166 valence electrons. The van der Waals surface area contributed by atoms with E-state index in [0.717, 1.165) is 0 Å². The number of aryl methyl sites for hydroxylation is 1. The number of fused-ring (bicyclic) bond motifs is 1. The fourth-order valence-electron chi connectivity index (χ4n) is 4.32. The summed E-state index contributed by atoms with van der Waals surface area (Å²) in [6, 6.07) is 15.6. The molecule has 0 unspecified atom stereocenters. The third-order valence-corrected chi connectivity index (χ3v) is 6.29. The van der Waals surface area contributed by atoms with Crippen LogP contribution >= 0.6 is 0 Å². The first-order valence-electron chi connectivity index (χ1n) is 13.0. The van der Waals surface area contributed by atoms with E-state index in [4.69, 9.17) is 0 Å². The fraction of sp³-hybridized carbons (Fsp3) is 0.600. The number of allylic oxidation sites excluding steroid dienone is 2. The minimum atomic E-state index is 1.23. The zero-order valence-corrected chi connectivity index (χ0v) is 19.7. The number of rotatable bonds is 18. The average Bonchev–Trinajstić information content (AvgIpc) is 2.78.